The summed E-state index contributed by atoms with van der Waals surface area (Å²) >= 11 is 5.92. The average molecular weight is 353 g/mol. The van der Waals surface area contributed by atoms with Gasteiger partial charge in [-0.15, -0.1) is 0 Å². The fraction of sp³-hybridized carbons (Fsp3) is 0.429. The molecule has 0 radical (unpaired) electrons. The van der Waals surface area contributed by atoms with Crippen molar-refractivity contribution < 1.29 is 27.5 Å². The molecule has 0 saturated carbocycles. The Labute approximate surface area is 136 Å². The third-order valence-electron chi connectivity index (χ3n) is 2.74. The van der Waals surface area contributed by atoms with Crippen LogP contribution in [0.5, 0.6) is 0 Å². The maximum atomic E-state index is 12.1. The number of amides is 2. The molecule has 0 bridgehead atoms. The standard InChI is InChI=1S/C14H16ClF3N2O3/c1-8(23-7-14(16,17)18)12(21)19-11-6-9(4-5-10(11)15)13(22)20(2)3/h4-6,8H,7H2,1-3H3,(H,19,21). The first-order valence-electron chi connectivity index (χ1n) is 6.51. The molecular weight excluding hydrogens is 337 g/mol. The number of nitrogens with zero attached hydrogens (tertiary/aromatic N) is 1. The first-order valence-corrected chi connectivity index (χ1v) is 6.89. The van der Waals surface area contributed by atoms with Gasteiger partial charge in [0, 0.05) is 19.7 Å². The Morgan fingerprint density at radius 2 is 1.96 bits per heavy atom. The van der Waals surface area contributed by atoms with E-state index in [4.69, 9.17) is 11.6 Å². The molecule has 0 spiro atoms. The lowest BCUT2D eigenvalue weighted by Crippen LogP contribution is -2.31. The van der Waals surface area contributed by atoms with E-state index in [-0.39, 0.29) is 22.2 Å². The van der Waals surface area contributed by atoms with Crippen LogP contribution < -0.4 is 5.32 Å². The van der Waals surface area contributed by atoms with Gasteiger partial charge in [0.1, 0.15) is 12.7 Å². The molecule has 1 atom stereocenters. The molecule has 1 aromatic carbocycles. The van der Waals surface area contributed by atoms with Crippen LogP contribution in [-0.4, -0.2) is 49.7 Å². The highest BCUT2D eigenvalue weighted by atomic mass is 35.5. The molecule has 128 valence electrons. The maximum Gasteiger partial charge on any atom is 0.411 e. The van der Waals surface area contributed by atoms with Gasteiger partial charge in [0.25, 0.3) is 11.8 Å². The Balaban J connectivity index is 2.81. The summed E-state index contributed by atoms with van der Waals surface area (Å²) in [6, 6.07) is 4.23. The maximum absolute atomic E-state index is 12.1. The van der Waals surface area contributed by atoms with E-state index in [1.165, 1.54) is 30.0 Å². The quantitative estimate of drug-likeness (QED) is 0.886. The number of anilines is 1. The molecule has 1 N–H and O–H groups in total. The Morgan fingerprint density at radius 3 is 2.48 bits per heavy atom. The summed E-state index contributed by atoms with van der Waals surface area (Å²) < 4.78 is 40.6. The topological polar surface area (TPSA) is 58.6 Å². The minimum absolute atomic E-state index is 0.117. The molecule has 0 saturated heterocycles. The third-order valence-corrected chi connectivity index (χ3v) is 3.07. The summed E-state index contributed by atoms with van der Waals surface area (Å²) in [4.78, 5) is 25.0. The van der Waals surface area contributed by atoms with Crippen molar-refractivity contribution in [2.24, 2.45) is 0 Å². The zero-order valence-corrected chi connectivity index (χ0v) is 13.5. The summed E-state index contributed by atoms with van der Waals surface area (Å²) in [5.41, 5.74) is 0.394. The van der Waals surface area contributed by atoms with E-state index in [2.05, 4.69) is 10.1 Å². The molecule has 0 fully saturated rings. The van der Waals surface area contributed by atoms with Gasteiger partial charge >= 0.3 is 6.18 Å². The smallest absolute Gasteiger partial charge is 0.359 e. The second-order valence-electron chi connectivity index (χ2n) is 4.95. The molecule has 1 rings (SSSR count). The molecule has 1 aromatic rings. The molecule has 0 aliphatic carbocycles. The van der Waals surface area contributed by atoms with Crippen LogP contribution in [0.2, 0.25) is 5.02 Å². The number of nitrogens with one attached hydrogen (secondary N) is 1. The fourth-order valence-corrected chi connectivity index (χ4v) is 1.71. The van der Waals surface area contributed by atoms with E-state index in [1.54, 1.807) is 14.1 Å². The van der Waals surface area contributed by atoms with Gasteiger partial charge in [-0.25, -0.2) is 0 Å². The van der Waals surface area contributed by atoms with Crippen LogP contribution in [0, 0.1) is 0 Å². The normalized spacial score (nSPS) is 12.7. The van der Waals surface area contributed by atoms with Crippen molar-refractivity contribution in [1.82, 2.24) is 4.90 Å². The lowest BCUT2D eigenvalue weighted by Gasteiger charge is -2.16. The summed E-state index contributed by atoms with van der Waals surface area (Å²) in [6.45, 7) is -0.349. The zero-order valence-electron chi connectivity index (χ0n) is 12.7. The van der Waals surface area contributed by atoms with Crippen LogP contribution in [-0.2, 0) is 9.53 Å². The van der Waals surface area contributed by atoms with Gasteiger partial charge in [0.2, 0.25) is 0 Å². The lowest BCUT2D eigenvalue weighted by atomic mass is 10.1. The van der Waals surface area contributed by atoms with Crippen LogP contribution in [0.15, 0.2) is 18.2 Å². The molecule has 5 nitrogen and oxygen atoms in total. The molecule has 0 heterocycles. The lowest BCUT2D eigenvalue weighted by molar-refractivity contribution is -0.184. The van der Waals surface area contributed by atoms with Gasteiger partial charge in [0.05, 0.1) is 10.7 Å². The highest BCUT2D eigenvalue weighted by Crippen LogP contribution is 2.24. The van der Waals surface area contributed by atoms with E-state index >= 15 is 0 Å². The Bertz CT molecular complexity index is 591. The molecule has 0 aliphatic heterocycles. The van der Waals surface area contributed by atoms with Crippen molar-refractivity contribution in [3.05, 3.63) is 28.8 Å². The number of benzene rings is 1. The molecule has 1 unspecified atom stereocenters. The number of carbonyl (C=O) groups is 2. The number of carbonyl (C=O) groups excluding carboxylic acids is 2. The molecule has 23 heavy (non-hydrogen) atoms. The number of hydrogen-bond acceptors (Lipinski definition) is 3. The Morgan fingerprint density at radius 1 is 1.35 bits per heavy atom. The number of rotatable bonds is 5. The van der Waals surface area contributed by atoms with Crippen LogP contribution in [0.1, 0.15) is 17.3 Å². The Kier molecular flexibility index (Phi) is 6.40. The predicted octanol–water partition coefficient (Wildman–Crippen LogP) is 2.95. The number of hydrogen-bond donors (Lipinski definition) is 1. The molecular formula is C14H16ClF3N2O3. The second-order valence-corrected chi connectivity index (χ2v) is 5.36. The molecule has 9 heteroatoms. The van der Waals surface area contributed by atoms with E-state index in [1.807, 2.05) is 0 Å². The first-order chi connectivity index (χ1) is 10.5. The summed E-state index contributed by atoms with van der Waals surface area (Å²) in [6.07, 6.45) is -5.86. The highest BCUT2D eigenvalue weighted by molar-refractivity contribution is 6.34. The van der Waals surface area contributed by atoms with E-state index in [0.717, 1.165) is 0 Å². The van der Waals surface area contributed by atoms with Crippen LogP contribution >= 0.6 is 11.6 Å². The molecule has 2 amide bonds. The zero-order chi connectivity index (χ0) is 17.8. The summed E-state index contributed by atoms with van der Waals surface area (Å²) in [7, 11) is 3.12. The Hall–Kier alpha value is -1.80. The fourth-order valence-electron chi connectivity index (χ4n) is 1.54. The van der Waals surface area contributed by atoms with Gasteiger partial charge in [-0.2, -0.15) is 13.2 Å². The van der Waals surface area contributed by atoms with Gasteiger partial charge in [0.15, 0.2) is 0 Å². The van der Waals surface area contributed by atoms with Crippen molar-refractivity contribution in [1.29, 1.82) is 0 Å². The van der Waals surface area contributed by atoms with Gasteiger partial charge in [-0.1, -0.05) is 11.6 Å². The van der Waals surface area contributed by atoms with E-state index < -0.39 is 24.8 Å². The van der Waals surface area contributed by atoms with Crippen molar-refractivity contribution in [3.63, 3.8) is 0 Å². The van der Waals surface area contributed by atoms with Gasteiger partial charge < -0.3 is 15.0 Å². The van der Waals surface area contributed by atoms with Crippen molar-refractivity contribution in [3.8, 4) is 0 Å². The second kappa shape index (κ2) is 7.65. The minimum atomic E-state index is -4.52. The number of alkyl halides is 3. The van der Waals surface area contributed by atoms with Crippen LogP contribution in [0.25, 0.3) is 0 Å². The number of ether oxygens (including phenoxy) is 1. The number of halogens is 4. The van der Waals surface area contributed by atoms with Crippen LogP contribution in [0.3, 0.4) is 0 Å². The van der Waals surface area contributed by atoms with E-state index in [9.17, 15) is 22.8 Å². The monoisotopic (exact) mass is 352 g/mol. The minimum Gasteiger partial charge on any atom is -0.359 e. The highest BCUT2D eigenvalue weighted by Gasteiger charge is 2.30. The van der Waals surface area contributed by atoms with Crippen molar-refractivity contribution in [2.45, 2.75) is 19.2 Å². The SMILES string of the molecule is CC(OCC(F)(F)F)C(=O)Nc1cc(C(=O)N(C)C)ccc1Cl. The third kappa shape index (κ3) is 6.07. The van der Waals surface area contributed by atoms with E-state index in [0.29, 0.717) is 0 Å². The van der Waals surface area contributed by atoms with Crippen LogP contribution in [0.4, 0.5) is 18.9 Å². The van der Waals surface area contributed by atoms with Gasteiger partial charge in [-0.3, -0.25) is 9.59 Å². The van der Waals surface area contributed by atoms with Crippen molar-refractivity contribution >= 4 is 29.1 Å². The molecule has 0 aliphatic rings. The largest absolute Gasteiger partial charge is 0.411 e. The molecule has 0 aromatic heterocycles. The first kappa shape index (κ1) is 19.2. The van der Waals surface area contributed by atoms with Gasteiger partial charge in [-0.05, 0) is 25.1 Å². The van der Waals surface area contributed by atoms with Crippen molar-refractivity contribution in [2.75, 3.05) is 26.0 Å². The summed E-state index contributed by atoms with van der Waals surface area (Å²) in [5, 5.41) is 2.50. The predicted molar refractivity (Wildman–Crippen MR) is 79.6 cm³/mol. The average Bonchev–Trinajstić information content (AvgIpc) is 2.45. The summed E-state index contributed by atoms with van der Waals surface area (Å²) in [5.74, 6) is -1.11.